The fourth-order valence-electron chi connectivity index (χ4n) is 0.988. The molecule has 0 saturated heterocycles. The van der Waals surface area contributed by atoms with Crippen molar-refractivity contribution in [3.05, 3.63) is 35.5 Å². The van der Waals surface area contributed by atoms with Gasteiger partial charge in [0.2, 0.25) is 0 Å². The van der Waals surface area contributed by atoms with Crippen molar-refractivity contribution >= 4 is 11.3 Å². The lowest BCUT2D eigenvalue weighted by molar-refractivity contribution is 0.285. The Balaban J connectivity index is 2.36. The van der Waals surface area contributed by atoms with Crippen LogP contribution in [0.2, 0.25) is 0 Å². The van der Waals surface area contributed by atoms with E-state index in [1.807, 2.05) is 18.2 Å². The molecule has 2 aromatic heterocycles. The number of aliphatic hydroxyl groups is 1. The monoisotopic (exact) mass is 192 g/mol. The quantitative estimate of drug-likeness (QED) is 0.787. The number of thiazole rings is 1. The number of hydrogen-bond donors (Lipinski definition) is 1. The van der Waals surface area contributed by atoms with E-state index in [0.29, 0.717) is 0 Å². The molecule has 0 spiro atoms. The standard InChI is InChI=1S/C9H8N2OS/c12-6-7-5-11-9(13-7)8-3-1-2-4-10-8/h1-5,12H,6H2. The van der Waals surface area contributed by atoms with Crippen LogP contribution < -0.4 is 0 Å². The Bertz CT molecular complexity index is 386. The van der Waals surface area contributed by atoms with Crippen LogP contribution in [0, 0.1) is 0 Å². The highest BCUT2D eigenvalue weighted by Gasteiger charge is 2.03. The largest absolute Gasteiger partial charge is 0.391 e. The third-order valence-electron chi connectivity index (χ3n) is 1.59. The summed E-state index contributed by atoms with van der Waals surface area (Å²) in [6.07, 6.45) is 3.41. The molecule has 0 aliphatic carbocycles. The van der Waals surface area contributed by atoms with Gasteiger partial charge in [-0.05, 0) is 12.1 Å². The molecule has 2 aromatic rings. The number of aromatic nitrogens is 2. The van der Waals surface area contributed by atoms with Crippen LogP contribution in [0.5, 0.6) is 0 Å². The number of rotatable bonds is 2. The van der Waals surface area contributed by atoms with Crippen molar-refractivity contribution in [1.29, 1.82) is 0 Å². The Morgan fingerprint density at radius 2 is 2.23 bits per heavy atom. The summed E-state index contributed by atoms with van der Waals surface area (Å²) >= 11 is 1.46. The van der Waals surface area contributed by atoms with Gasteiger partial charge in [0.1, 0.15) is 5.01 Å². The van der Waals surface area contributed by atoms with E-state index < -0.39 is 0 Å². The van der Waals surface area contributed by atoms with Crippen LogP contribution in [-0.2, 0) is 6.61 Å². The highest BCUT2D eigenvalue weighted by molar-refractivity contribution is 7.14. The Labute approximate surface area is 79.7 Å². The van der Waals surface area contributed by atoms with E-state index in [1.54, 1.807) is 12.4 Å². The second kappa shape index (κ2) is 3.64. The molecular formula is C9H8N2OS. The molecule has 0 amide bonds. The van der Waals surface area contributed by atoms with Crippen molar-refractivity contribution in [2.24, 2.45) is 0 Å². The Morgan fingerprint density at radius 3 is 2.85 bits per heavy atom. The minimum absolute atomic E-state index is 0.0461. The molecule has 1 N–H and O–H groups in total. The summed E-state index contributed by atoms with van der Waals surface area (Å²) in [6, 6.07) is 5.69. The molecule has 13 heavy (non-hydrogen) atoms. The smallest absolute Gasteiger partial charge is 0.142 e. The number of hydrogen-bond acceptors (Lipinski definition) is 4. The first kappa shape index (κ1) is 8.34. The van der Waals surface area contributed by atoms with Crippen LogP contribution in [0.15, 0.2) is 30.6 Å². The van der Waals surface area contributed by atoms with Gasteiger partial charge in [0.15, 0.2) is 0 Å². The van der Waals surface area contributed by atoms with E-state index in [9.17, 15) is 0 Å². The molecule has 0 saturated carbocycles. The fraction of sp³-hybridized carbons (Fsp3) is 0.111. The van der Waals surface area contributed by atoms with Crippen LogP contribution >= 0.6 is 11.3 Å². The second-order valence-electron chi connectivity index (χ2n) is 2.50. The van der Waals surface area contributed by atoms with Gasteiger partial charge in [-0.25, -0.2) is 4.98 Å². The Hall–Kier alpha value is -1.26. The highest BCUT2D eigenvalue weighted by Crippen LogP contribution is 2.22. The summed E-state index contributed by atoms with van der Waals surface area (Å²) in [5, 5.41) is 9.70. The van der Waals surface area contributed by atoms with Gasteiger partial charge in [0.05, 0.1) is 17.2 Å². The van der Waals surface area contributed by atoms with E-state index in [2.05, 4.69) is 9.97 Å². The Kier molecular flexibility index (Phi) is 2.33. The Morgan fingerprint density at radius 1 is 1.31 bits per heavy atom. The molecule has 3 nitrogen and oxygen atoms in total. The molecule has 0 bridgehead atoms. The van der Waals surface area contributed by atoms with Gasteiger partial charge in [-0.3, -0.25) is 4.98 Å². The molecule has 0 fully saturated rings. The van der Waals surface area contributed by atoms with Crippen LogP contribution in [0.25, 0.3) is 10.7 Å². The molecule has 2 heterocycles. The molecule has 2 rings (SSSR count). The van der Waals surface area contributed by atoms with E-state index in [0.717, 1.165) is 15.6 Å². The maximum absolute atomic E-state index is 8.85. The molecule has 0 unspecified atom stereocenters. The molecule has 0 aliphatic rings. The molecule has 66 valence electrons. The predicted molar refractivity (Wildman–Crippen MR) is 51.3 cm³/mol. The molecule has 0 aromatic carbocycles. The lowest BCUT2D eigenvalue weighted by atomic mass is 10.4. The summed E-state index contributed by atoms with van der Waals surface area (Å²) < 4.78 is 0. The van der Waals surface area contributed by atoms with Gasteiger partial charge in [-0.15, -0.1) is 11.3 Å². The second-order valence-corrected chi connectivity index (χ2v) is 3.62. The zero-order valence-electron chi connectivity index (χ0n) is 6.84. The van der Waals surface area contributed by atoms with Gasteiger partial charge < -0.3 is 5.11 Å². The van der Waals surface area contributed by atoms with Crippen molar-refractivity contribution in [1.82, 2.24) is 9.97 Å². The van der Waals surface area contributed by atoms with Gasteiger partial charge in [0, 0.05) is 12.4 Å². The van der Waals surface area contributed by atoms with Crippen LogP contribution in [0.3, 0.4) is 0 Å². The zero-order valence-corrected chi connectivity index (χ0v) is 7.66. The van der Waals surface area contributed by atoms with Crippen molar-refractivity contribution in [2.45, 2.75) is 6.61 Å². The van der Waals surface area contributed by atoms with Gasteiger partial charge in [0.25, 0.3) is 0 Å². The van der Waals surface area contributed by atoms with Gasteiger partial charge >= 0.3 is 0 Å². The van der Waals surface area contributed by atoms with Gasteiger partial charge in [-0.2, -0.15) is 0 Å². The highest BCUT2D eigenvalue weighted by atomic mass is 32.1. The number of nitrogens with zero attached hydrogens (tertiary/aromatic N) is 2. The van der Waals surface area contributed by atoms with E-state index in [-0.39, 0.29) is 6.61 Å². The molecule has 0 atom stereocenters. The predicted octanol–water partition coefficient (Wildman–Crippen LogP) is 1.70. The minimum atomic E-state index is 0.0461. The third-order valence-corrected chi connectivity index (χ3v) is 2.60. The van der Waals surface area contributed by atoms with Gasteiger partial charge in [-0.1, -0.05) is 6.07 Å². The summed E-state index contributed by atoms with van der Waals surface area (Å²) in [7, 11) is 0. The first-order valence-corrected chi connectivity index (χ1v) is 4.69. The maximum atomic E-state index is 8.85. The first-order valence-electron chi connectivity index (χ1n) is 3.87. The van der Waals surface area contributed by atoms with Crippen molar-refractivity contribution < 1.29 is 5.11 Å². The summed E-state index contributed by atoms with van der Waals surface area (Å²) in [5.74, 6) is 0. The van der Waals surface area contributed by atoms with Crippen molar-refractivity contribution in [3.8, 4) is 10.7 Å². The average molecular weight is 192 g/mol. The topological polar surface area (TPSA) is 46.0 Å². The number of aliphatic hydroxyl groups excluding tert-OH is 1. The van der Waals surface area contributed by atoms with Crippen LogP contribution in [0.1, 0.15) is 4.88 Å². The van der Waals surface area contributed by atoms with E-state index in [1.165, 1.54) is 11.3 Å². The van der Waals surface area contributed by atoms with Crippen molar-refractivity contribution in [2.75, 3.05) is 0 Å². The molecular weight excluding hydrogens is 184 g/mol. The molecule has 4 heteroatoms. The van der Waals surface area contributed by atoms with Crippen LogP contribution in [0.4, 0.5) is 0 Å². The molecule has 0 aliphatic heterocycles. The lowest BCUT2D eigenvalue weighted by Crippen LogP contribution is -1.78. The zero-order chi connectivity index (χ0) is 9.10. The lowest BCUT2D eigenvalue weighted by Gasteiger charge is -1.91. The maximum Gasteiger partial charge on any atom is 0.142 e. The SMILES string of the molecule is OCc1cnc(-c2ccccn2)s1. The summed E-state index contributed by atoms with van der Waals surface area (Å²) in [6.45, 7) is 0.0461. The summed E-state index contributed by atoms with van der Waals surface area (Å²) in [4.78, 5) is 9.18. The molecule has 0 radical (unpaired) electrons. The average Bonchev–Trinajstić information content (AvgIpc) is 2.67. The van der Waals surface area contributed by atoms with E-state index >= 15 is 0 Å². The van der Waals surface area contributed by atoms with Crippen LogP contribution in [-0.4, -0.2) is 15.1 Å². The minimum Gasteiger partial charge on any atom is -0.391 e. The van der Waals surface area contributed by atoms with E-state index in [4.69, 9.17) is 5.11 Å². The first-order chi connectivity index (χ1) is 6.40. The normalized spacial score (nSPS) is 10.2. The number of pyridine rings is 1. The summed E-state index contributed by atoms with van der Waals surface area (Å²) in [5.41, 5.74) is 0.854. The third kappa shape index (κ3) is 1.74. The fourth-order valence-corrected chi connectivity index (χ4v) is 1.74. The van der Waals surface area contributed by atoms with Crippen molar-refractivity contribution in [3.63, 3.8) is 0 Å².